The number of carbonyl (C=O) groups is 1. The zero-order chi connectivity index (χ0) is 21.8. The lowest BCUT2D eigenvalue weighted by molar-refractivity contribution is -0.123. The molecule has 0 spiro atoms. The maximum atomic E-state index is 12.9. The number of nitrogens with zero attached hydrogens (tertiary/aromatic N) is 2. The molecular formula is C20H22F3N3O3S. The van der Waals surface area contributed by atoms with Gasteiger partial charge in [0.1, 0.15) is 6.54 Å². The first-order valence-corrected chi connectivity index (χ1v) is 10.8. The van der Waals surface area contributed by atoms with Crippen molar-refractivity contribution in [2.75, 3.05) is 32.7 Å². The molecule has 10 heteroatoms. The molecule has 1 N–H and O–H groups in total. The lowest BCUT2D eigenvalue weighted by Crippen LogP contribution is -2.48. The number of nitrogens with one attached hydrogen (secondary N) is 1. The monoisotopic (exact) mass is 441 g/mol. The van der Waals surface area contributed by atoms with Gasteiger partial charge in [0, 0.05) is 38.3 Å². The van der Waals surface area contributed by atoms with E-state index in [0.717, 1.165) is 18.2 Å². The number of hydrogen-bond acceptors (Lipinski definition) is 4. The van der Waals surface area contributed by atoms with E-state index < -0.39 is 28.7 Å². The summed E-state index contributed by atoms with van der Waals surface area (Å²) in [6, 6.07) is 14.9. The van der Waals surface area contributed by atoms with Crippen LogP contribution in [-0.4, -0.2) is 62.4 Å². The molecule has 0 aliphatic carbocycles. The summed E-state index contributed by atoms with van der Waals surface area (Å²) in [5, 5.41) is 1.75. The van der Waals surface area contributed by atoms with Crippen LogP contribution in [0.25, 0.3) is 0 Å². The van der Waals surface area contributed by atoms with Crippen molar-refractivity contribution in [1.82, 2.24) is 14.5 Å². The molecule has 2 aromatic rings. The molecule has 0 radical (unpaired) electrons. The lowest BCUT2D eigenvalue weighted by atomic mass is 10.2. The highest BCUT2D eigenvalue weighted by Crippen LogP contribution is 2.20. The Morgan fingerprint density at radius 3 is 2.27 bits per heavy atom. The lowest BCUT2D eigenvalue weighted by Gasteiger charge is -2.34. The minimum Gasteiger partial charge on any atom is -0.343 e. The van der Waals surface area contributed by atoms with Gasteiger partial charge in [0.05, 0.1) is 4.90 Å². The standard InChI is InChI=1S/C20H22F3N3O3S/c21-20(22,23)15-24-19(27)17-7-4-8-18(13-17)30(28,29)26-11-9-25(10-12-26)14-16-5-2-1-3-6-16/h1-8,13H,9-12,14-15H2,(H,24,27). The Labute approximate surface area is 173 Å². The van der Waals surface area contributed by atoms with E-state index in [-0.39, 0.29) is 10.5 Å². The second-order valence-electron chi connectivity index (χ2n) is 6.99. The predicted molar refractivity (Wildman–Crippen MR) is 105 cm³/mol. The zero-order valence-electron chi connectivity index (χ0n) is 16.1. The number of rotatable bonds is 6. The van der Waals surface area contributed by atoms with Gasteiger partial charge in [-0.2, -0.15) is 17.5 Å². The van der Waals surface area contributed by atoms with Crippen molar-refractivity contribution < 1.29 is 26.4 Å². The molecule has 1 aliphatic rings. The summed E-state index contributed by atoms with van der Waals surface area (Å²) in [6.07, 6.45) is -4.54. The van der Waals surface area contributed by atoms with Crippen LogP contribution in [-0.2, 0) is 16.6 Å². The van der Waals surface area contributed by atoms with Crippen molar-refractivity contribution in [2.24, 2.45) is 0 Å². The number of alkyl halides is 3. The SMILES string of the molecule is O=C(NCC(F)(F)F)c1cccc(S(=O)(=O)N2CCN(Cc3ccccc3)CC2)c1. The van der Waals surface area contributed by atoms with Gasteiger partial charge >= 0.3 is 6.18 Å². The first kappa shape index (κ1) is 22.3. The van der Waals surface area contributed by atoms with E-state index in [0.29, 0.717) is 26.2 Å². The Morgan fingerprint density at radius 2 is 1.63 bits per heavy atom. The third-order valence-corrected chi connectivity index (χ3v) is 6.66. The third kappa shape index (κ3) is 5.80. The van der Waals surface area contributed by atoms with Gasteiger partial charge in [0.2, 0.25) is 10.0 Å². The number of piperazine rings is 1. The Kier molecular flexibility index (Phi) is 6.79. The fraction of sp³-hybridized carbons (Fsp3) is 0.350. The number of benzene rings is 2. The van der Waals surface area contributed by atoms with Crippen molar-refractivity contribution in [3.63, 3.8) is 0 Å². The number of carbonyl (C=O) groups excluding carboxylic acids is 1. The van der Waals surface area contributed by atoms with Crippen LogP contribution in [0.1, 0.15) is 15.9 Å². The summed E-state index contributed by atoms with van der Waals surface area (Å²) in [6.45, 7) is 0.939. The molecule has 1 amide bonds. The van der Waals surface area contributed by atoms with Crippen molar-refractivity contribution >= 4 is 15.9 Å². The minimum atomic E-state index is -4.54. The van der Waals surface area contributed by atoms with E-state index in [1.54, 1.807) is 5.32 Å². The highest BCUT2D eigenvalue weighted by molar-refractivity contribution is 7.89. The van der Waals surface area contributed by atoms with Gasteiger partial charge in [-0.05, 0) is 23.8 Å². The van der Waals surface area contributed by atoms with Crippen molar-refractivity contribution in [3.05, 3.63) is 65.7 Å². The van der Waals surface area contributed by atoms with Crippen LogP contribution in [0.2, 0.25) is 0 Å². The molecule has 1 fully saturated rings. The quantitative estimate of drug-likeness (QED) is 0.748. The van der Waals surface area contributed by atoms with Crippen LogP contribution in [0, 0.1) is 0 Å². The normalized spacial score (nSPS) is 16.4. The summed E-state index contributed by atoms with van der Waals surface area (Å²) in [4.78, 5) is 14.0. The number of sulfonamides is 1. The average Bonchev–Trinajstić information content (AvgIpc) is 2.73. The van der Waals surface area contributed by atoms with E-state index in [2.05, 4.69) is 4.90 Å². The van der Waals surface area contributed by atoms with Crippen molar-refractivity contribution in [2.45, 2.75) is 17.6 Å². The number of amides is 1. The Bertz CT molecular complexity index is 974. The molecular weight excluding hydrogens is 419 g/mol. The molecule has 0 bridgehead atoms. The molecule has 0 saturated carbocycles. The fourth-order valence-corrected chi connectivity index (χ4v) is 4.67. The van der Waals surface area contributed by atoms with Gasteiger partial charge in [-0.15, -0.1) is 0 Å². The molecule has 1 heterocycles. The maximum Gasteiger partial charge on any atom is 0.405 e. The van der Waals surface area contributed by atoms with Crippen molar-refractivity contribution in [1.29, 1.82) is 0 Å². The van der Waals surface area contributed by atoms with E-state index >= 15 is 0 Å². The van der Waals surface area contributed by atoms with Gasteiger partial charge in [0.25, 0.3) is 5.91 Å². The summed E-state index contributed by atoms with van der Waals surface area (Å²) in [5.41, 5.74) is 1.01. The summed E-state index contributed by atoms with van der Waals surface area (Å²) >= 11 is 0. The molecule has 0 aromatic heterocycles. The van der Waals surface area contributed by atoms with Crippen LogP contribution in [0.5, 0.6) is 0 Å². The van der Waals surface area contributed by atoms with Crippen LogP contribution in [0.15, 0.2) is 59.5 Å². The van der Waals surface area contributed by atoms with Crippen LogP contribution >= 0.6 is 0 Å². The van der Waals surface area contributed by atoms with E-state index in [1.165, 1.54) is 22.5 Å². The second kappa shape index (κ2) is 9.15. The van der Waals surface area contributed by atoms with Gasteiger partial charge in [-0.25, -0.2) is 8.42 Å². The Balaban J connectivity index is 1.64. The number of halogens is 3. The Morgan fingerprint density at radius 1 is 0.967 bits per heavy atom. The zero-order valence-corrected chi connectivity index (χ0v) is 16.9. The predicted octanol–water partition coefficient (Wildman–Crippen LogP) is 2.49. The van der Waals surface area contributed by atoms with E-state index in [9.17, 15) is 26.4 Å². The minimum absolute atomic E-state index is 0.112. The second-order valence-corrected chi connectivity index (χ2v) is 8.93. The fourth-order valence-electron chi connectivity index (χ4n) is 3.20. The topological polar surface area (TPSA) is 69.7 Å². The largest absolute Gasteiger partial charge is 0.405 e. The van der Waals surface area contributed by atoms with E-state index in [1.807, 2.05) is 30.3 Å². The highest BCUT2D eigenvalue weighted by atomic mass is 32.2. The third-order valence-electron chi connectivity index (χ3n) is 4.76. The van der Waals surface area contributed by atoms with E-state index in [4.69, 9.17) is 0 Å². The number of hydrogen-bond donors (Lipinski definition) is 1. The molecule has 0 unspecified atom stereocenters. The first-order valence-electron chi connectivity index (χ1n) is 9.36. The van der Waals surface area contributed by atoms with Crippen LogP contribution in [0.3, 0.4) is 0 Å². The summed E-state index contributed by atoms with van der Waals surface area (Å²) in [5.74, 6) is -0.975. The maximum absolute atomic E-state index is 12.9. The molecule has 2 aromatic carbocycles. The van der Waals surface area contributed by atoms with Gasteiger partial charge in [0.15, 0.2) is 0 Å². The molecule has 1 aliphatic heterocycles. The molecule has 0 atom stereocenters. The molecule has 6 nitrogen and oxygen atoms in total. The molecule has 1 saturated heterocycles. The average molecular weight is 441 g/mol. The first-order chi connectivity index (χ1) is 14.1. The summed E-state index contributed by atoms with van der Waals surface area (Å²) in [7, 11) is -3.85. The highest BCUT2D eigenvalue weighted by Gasteiger charge is 2.30. The Hall–Kier alpha value is -2.43. The van der Waals surface area contributed by atoms with Gasteiger partial charge < -0.3 is 5.32 Å². The summed E-state index contributed by atoms with van der Waals surface area (Å²) < 4.78 is 64.1. The van der Waals surface area contributed by atoms with Gasteiger partial charge in [-0.1, -0.05) is 36.4 Å². The van der Waals surface area contributed by atoms with Crippen LogP contribution in [0.4, 0.5) is 13.2 Å². The molecule has 30 heavy (non-hydrogen) atoms. The van der Waals surface area contributed by atoms with Crippen LogP contribution < -0.4 is 5.32 Å². The van der Waals surface area contributed by atoms with Crippen molar-refractivity contribution in [3.8, 4) is 0 Å². The smallest absolute Gasteiger partial charge is 0.343 e. The van der Waals surface area contributed by atoms with Gasteiger partial charge in [-0.3, -0.25) is 9.69 Å². The molecule has 162 valence electrons. The molecule has 3 rings (SSSR count).